The highest BCUT2D eigenvalue weighted by Crippen LogP contribution is 2.22. The van der Waals surface area contributed by atoms with Crippen molar-refractivity contribution < 1.29 is 18.1 Å². The van der Waals surface area contributed by atoms with Crippen molar-refractivity contribution in [1.82, 2.24) is 14.8 Å². The van der Waals surface area contributed by atoms with E-state index < -0.39 is 27.3 Å². The number of H-pyrrole nitrogens is 1. The van der Waals surface area contributed by atoms with Crippen LogP contribution in [0.2, 0.25) is 0 Å². The van der Waals surface area contributed by atoms with Crippen LogP contribution in [0.25, 0.3) is 0 Å². The molecule has 0 bridgehead atoms. The van der Waals surface area contributed by atoms with E-state index in [0.29, 0.717) is 6.54 Å². The van der Waals surface area contributed by atoms with Gasteiger partial charge in [0, 0.05) is 17.2 Å². The standard InChI is InChI=1S/C12H15N5O5S/c1-2-16-6-14-11(17(5-13)7-16)8-3-10(18)15-12(19)9(8)4-23(20,21)22/h3H,2,4,6-7H2,1H3,(H2,15,18,19)(H,20,21,22). The number of amidine groups is 1. The first-order valence-corrected chi connectivity index (χ1v) is 8.21. The van der Waals surface area contributed by atoms with E-state index in [1.54, 1.807) is 0 Å². The second-order valence-electron chi connectivity index (χ2n) is 4.88. The number of hydrogen-bond acceptors (Lipinski definition) is 8. The monoisotopic (exact) mass is 341 g/mol. The molecular weight excluding hydrogens is 326 g/mol. The number of nitrogens with one attached hydrogen (secondary N) is 1. The first-order valence-electron chi connectivity index (χ1n) is 6.60. The van der Waals surface area contributed by atoms with E-state index in [-0.39, 0.29) is 30.3 Å². The Morgan fingerprint density at radius 3 is 2.78 bits per heavy atom. The van der Waals surface area contributed by atoms with Gasteiger partial charge in [0.25, 0.3) is 15.7 Å². The average Bonchev–Trinajstić information content (AvgIpc) is 2.48. The molecule has 2 rings (SSSR count). The fraction of sp³-hybridized carbons (Fsp3) is 0.417. The predicted octanol–water partition coefficient (Wildman–Crippen LogP) is -0.752. The lowest BCUT2D eigenvalue weighted by Crippen LogP contribution is -2.44. The summed E-state index contributed by atoms with van der Waals surface area (Å²) in [5.41, 5.74) is -0.924. The van der Waals surface area contributed by atoms with Crippen molar-refractivity contribution in [3.8, 4) is 12.1 Å². The second kappa shape index (κ2) is 6.37. The van der Waals surface area contributed by atoms with Crippen molar-refractivity contribution in [2.75, 3.05) is 19.9 Å². The Balaban J connectivity index is 2.60. The maximum atomic E-state index is 11.6. The van der Waals surface area contributed by atoms with Crippen LogP contribution in [0.5, 0.6) is 5.88 Å². The molecule has 0 aromatic carbocycles. The van der Waals surface area contributed by atoms with Gasteiger partial charge in [-0.25, -0.2) is 4.90 Å². The number of aliphatic imine (C=N–C) groups is 1. The summed E-state index contributed by atoms with van der Waals surface area (Å²) in [6.07, 6.45) is 1.90. The third-order valence-corrected chi connectivity index (χ3v) is 3.93. The third kappa shape index (κ3) is 3.86. The van der Waals surface area contributed by atoms with Gasteiger partial charge in [-0.2, -0.15) is 13.7 Å². The van der Waals surface area contributed by atoms with Crippen LogP contribution in [0, 0.1) is 11.5 Å². The van der Waals surface area contributed by atoms with E-state index in [4.69, 9.17) is 4.55 Å². The molecule has 0 atom stereocenters. The van der Waals surface area contributed by atoms with Crippen LogP contribution >= 0.6 is 0 Å². The molecule has 2 heterocycles. The van der Waals surface area contributed by atoms with Crippen molar-refractivity contribution in [2.45, 2.75) is 12.7 Å². The molecule has 0 radical (unpaired) electrons. The number of pyridine rings is 1. The van der Waals surface area contributed by atoms with Gasteiger partial charge in [-0.05, 0) is 6.54 Å². The fourth-order valence-corrected chi connectivity index (χ4v) is 2.83. The van der Waals surface area contributed by atoms with Gasteiger partial charge in [0.2, 0.25) is 0 Å². The summed E-state index contributed by atoms with van der Waals surface area (Å²) in [7, 11) is -4.46. The molecule has 124 valence electrons. The number of rotatable bonds is 4. The minimum absolute atomic E-state index is 0.0128. The highest BCUT2D eigenvalue weighted by atomic mass is 32.2. The lowest BCUT2D eigenvalue weighted by molar-refractivity contribution is 0.218. The zero-order chi connectivity index (χ0) is 17.2. The number of nitrogens with zero attached hydrogens (tertiary/aromatic N) is 4. The van der Waals surface area contributed by atoms with Crippen LogP contribution in [0.1, 0.15) is 18.1 Å². The fourth-order valence-electron chi connectivity index (χ4n) is 2.18. The molecule has 23 heavy (non-hydrogen) atoms. The van der Waals surface area contributed by atoms with Crippen molar-refractivity contribution >= 4 is 16.0 Å². The predicted molar refractivity (Wildman–Crippen MR) is 80.1 cm³/mol. The van der Waals surface area contributed by atoms with E-state index in [1.165, 1.54) is 4.90 Å². The van der Waals surface area contributed by atoms with Crippen molar-refractivity contribution in [3.63, 3.8) is 0 Å². The Hall–Kier alpha value is -2.42. The minimum atomic E-state index is -4.46. The van der Waals surface area contributed by atoms with Gasteiger partial charge in [0.1, 0.15) is 11.6 Å². The molecule has 1 aliphatic rings. The maximum absolute atomic E-state index is 11.6. The second-order valence-corrected chi connectivity index (χ2v) is 6.33. The van der Waals surface area contributed by atoms with Crippen molar-refractivity contribution in [1.29, 1.82) is 5.26 Å². The summed E-state index contributed by atoms with van der Waals surface area (Å²) in [4.78, 5) is 20.8. The van der Waals surface area contributed by atoms with E-state index in [9.17, 15) is 23.6 Å². The van der Waals surface area contributed by atoms with Gasteiger partial charge in [-0.3, -0.25) is 24.2 Å². The van der Waals surface area contributed by atoms with Gasteiger partial charge >= 0.3 is 0 Å². The Labute approximate surface area is 132 Å². The van der Waals surface area contributed by atoms with Crippen LogP contribution in [-0.2, 0) is 15.9 Å². The minimum Gasteiger partial charge on any atom is -0.494 e. The zero-order valence-corrected chi connectivity index (χ0v) is 13.0. The van der Waals surface area contributed by atoms with Crippen LogP contribution in [0.15, 0.2) is 15.9 Å². The summed E-state index contributed by atoms with van der Waals surface area (Å²) < 4.78 is 31.3. The summed E-state index contributed by atoms with van der Waals surface area (Å²) in [6, 6.07) is 1.03. The molecule has 0 unspecified atom stereocenters. The van der Waals surface area contributed by atoms with Crippen molar-refractivity contribution in [3.05, 3.63) is 27.5 Å². The molecule has 1 aliphatic heterocycles. The van der Waals surface area contributed by atoms with Crippen LogP contribution in [0.3, 0.4) is 0 Å². The van der Waals surface area contributed by atoms with E-state index >= 15 is 0 Å². The summed E-state index contributed by atoms with van der Waals surface area (Å²) in [6.45, 7) is 3.00. The van der Waals surface area contributed by atoms with Gasteiger partial charge in [0.15, 0.2) is 12.1 Å². The molecule has 10 nitrogen and oxygen atoms in total. The molecule has 0 amide bonds. The summed E-state index contributed by atoms with van der Waals surface area (Å²) in [5.74, 6) is -1.54. The first-order chi connectivity index (χ1) is 10.7. The summed E-state index contributed by atoms with van der Waals surface area (Å²) in [5, 5.41) is 19.1. The van der Waals surface area contributed by atoms with E-state index in [2.05, 4.69) is 9.98 Å². The molecule has 0 saturated heterocycles. The lowest BCUT2D eigenvalue weighted by atomic mass is 10.1. The van der Waals surface area contributed by atoms with Crippen LogP contribution < -0.4 is 5.56 Å². The molecule has 0 saturated carbocycles. The highest BCUT2D eigenvalue weighted by molar-refractivity contribution is 7.85. The van der Waals surface area contributed by atoms with Gasteiger partial charge < -0.3 is 5.11 Å². The molecular formula is C12H15N5O5S. The molecule has 0 fully saturated rings. The topological polar surface area (TPSA) is 150 Å². The number of nitriles is 1. The molecule has 0 aliphatic carbocycles. The van der Waals surface area contributed by atoms with Gasteiger partial charge in [-0.15, -0.1) is 0 Å². The van der Waals surface area contributed by atoms with E-state index in [0.717, 1.165) is 6.07 Å². The highest BCUT2D eigenvalue weighted by Gasteiger charge is 2.26. The SMILES string of the molecule is CCN1CN=C(c2cc(=O)[nH]c(O)c2CS(=O)(=O)O)N(C#N)C1. The smallest absolute Gasteiger partial charge is 0.269 e. The van der Waals surface area contributed by atoms with Crippen LogP contribution in [-0.4, -0.2) is 58.6 Å². The third-order valence-electron chi connectivity index (χ3n) is 3.28. The number of hydrogen-bond donors (Lipinski definition) is 3. The maximum Gasteiger partial charge on any atom is 0.269 e. The number of aromatic amines is 1. The zero-order valence-electron chi connectivity index (χ0n) is 12.2. The Bertz CT molecular complexity index is 838. The lowest BCUT2D eigenvalue weighted by Gasteiger charge is -2.31. The van der Waals surface area contributed by atoms with E-state index in [1.807, 2.05) is 18.0 Å². The Morgan fingerprint density at radius 1 is 1.52 bits per heavy atom. The molecule has 0 spiro atoms. The quantitative estimate of drug-likeness (QED) is 0.478. The summed E-state index contributed by atoms with van der Waals surface area (Å²) >= 11 is 0. The molecule has 1 aromatic rings. The average molecular weight is 341 g/mol. The number of aromatic nitrogens is 1. The van der Waals surface area contributed by atoms with Crippen LogP contribution in [0.4, 0.5) is 0 Å². The Morgan fingerprint density at radius 2 is 2.22 bits per heavy atom. The molecule has 11 heteroatoms. The Kier molecular flexibility index (Phi) is 4.69. The normalized spacial score (nSPS) is 16.0. The van der Waals surface area contributed by atoms with Gasteiger partial charge in [0.05, 0.1) is 13.3 Å². The molecule has 1 aromatic heterocycles. The van der Waals surface area contributed by atoms with Crippen molar-refractivity contribution in [2.24, 2.45) is 4.99 Å². The largest absolute Gasteiger partial charge is 0.494 e. The first kappa shape index (κ1) is 16.9. The molecule has 3 N–H and O–H groups in total. The van der Waals surface area contributed by atoms with Gasteiger partial charge in [-0.1, -0.05) is 6.92 Å². The number of aromatic hydroxyl groups is 1.